The van der Waals surface area contributed by atoms with E-state index in [0.717, 1.165) is 0 Å². The molecule has 134 valence electrons. The number of rotatable bonds is 2. The van der Waals surface area contributed by atoms with Crippen LogP contribution in [0.25, 0.3) is 0 Å². The summed E-state index contributed by atoms with van der Waals surface area (Å²) in [7, 11) is 0. The van der Waals surface area contributed by atoms with Crippen LogP contribution in [0.1, 0.15) is 53.9 Å². The summed E-state index contributed by atoms with van der Waals surface area (Å²) in [5, 5.41) is 0. The summed E-state index contributed by atoms with van der Waals surface area (Å²) in [6, 6.07) is 0. The average molecular weight is 338 g/mol. The molecule has 0 aromatic heterocycles. The molecule has 0 unspecified atom stereocenters. The number of carbonyl (C=O) groups is 4. The van der Waals surface area contributed by atoms with Crippen molar-refractivity contribution in [1.29, 1.82) is 0 Å². The summed E-state index contributed by atoms with van der Waals surface area (Å²) < 4.78 is 10.7. The Morgan fingerprint density at radius 3 is 2.17 bits per heavy atom. The fraction of sp³-hybridized carbons (Fsp3) is 0.778. The highest BCUT2D eigenvalue weighted by molar-refractivity contribution is 5.94. The molecule has 0 radical (unpaired) electrons. The van der Waals surface area contributed by atoms with Crippen molar-refractivity contribution in [2.45, 2.75) is 66.1 Å². The van der Waals surface area contributed by atoms with Gasteiger partial charge >= 0.3 is 11.9 Å². The monoisotopic (exact) mass is 338 g/mol. The van der Waals surface area contributed by atoms with Gasteiger partial charge in [-0.15, -0.1) is 0 Å². The number of carbonyl (C=O) groups excluding carboxylic acids is 4. The molecular weight excluding hydrogens is 312 g/mol. The zero-order chi connectivity index (χ0) is 18.2. The standard InChI is InChI=1S/C18H26O6/c1-9-6-15(21)13-7-12(23-10(2)19)8-14(18(13,4)5)17(16(9)22)24-11(3)20/h9,12-14,17H,6-8H2,1-5H3/t9-,12-,13-,14+,17-/m0/s1. The maximum absolute atomic E-state index is 12.8. The number of hydrogen-bond donors (Lipinski definition) is 0. The predicted octanol–water partition coefficient (Wildman–Crippen LogP) is 2.08. The lowest BCUT2D eigenvalue weighted by atomic mass is 9.55. The first kappa shape index (κ1) is 18.6. The summed E-state index contributed by atoms with van der Waals surface area (Å²) in [6.45, 7) is 8.18. The van der Waals surface area contributed by atoms with E-state index in [2.05, 4.69) is 0 Å². The van der Waals surface area contributed by atoms with E-state index in [9.17, 15) is 19.2 Å². The van der Waals surface area contributed by atoms with Crippen LogP contribution in [0.5, 0.6) is 0 Å². The Bertz CT molecular complexity index is 564. The van der Waals surface area contributed by atoms with Crippen molar-refractivity contribution in [3.8, 4) is 0 Å². The highest BCUT2D eigenvalue weighted by Gasteiger charge is 2.55. The molecule has 6 nitrogen and oxygen atoms in total. The van der Waals surface area contributed by atoms with Gasteiger partial charge in [0, 0.05) is 38.0 Å². The molecule has 0 aliphatic heterocycles. The third-order valence-electron chi connectivity index (χ3n) is 5.52. The molecule has 0 N–H and O–H groups in total. The van der Waals surface area contributed by atoms with Gasteiger partial charge in [0.2, 0.25) is 0 Å². The number of fused-ring (bicyclic) bond motifs is 2. The molecule has 0 amide bonds. The Hall–Kier alpha value is -1.72. The molecule has 2 aliphatic carbocycles. The molecule has 0 heterocycles. The van der Waals surface area contributed by atoms with Crippen LogP contribution in [0.4, 0.5) is 0 Å². The number of esters is 2. The minimum atomic E-state index is -0.901. The lowest BCUT2D eigenvalue weighted by Crippen LogP contribution is -2.55. The van der Waals surface area contributed by atoms with Crippen LogP contribution >= 0.6 is 0 Å². The summed E-state index contributed by atoms with van der Waals surface area (Å²) >= 11 is 0. The van der Waals surface area contributed by atoms with E-state index < -0.39 is 35.5 Å². The van der Waals surface area contributed by atoms with Crippen LogP contribution in [-0.2, 0) is 28.7 Å². The smallest absolute Gasteiger partial charge is 0.303 e. The van der Waals surface area contributed by atoms with Crippen molar-refractivity contribution in [1.82, 2.24) is 0 Å². The summed E-state index contributed by atoms with van der Waals surface area (Å²) in [4.78, 5) is 48.3. The van der Waals surface area contributed by atoms with Gasteiger partial charge < -0.3 is 9.47 Å². The van der Waals surface area contributed by atoms with Crippen molar-refractivity contribution in [2.75, 3.05) is 0 Å². The van der Waals surface area contributed by atoms with Gasteiger partial charge in [-0.1, -0.05) is 20.8 Å². The number of Topliss-reactive ketones (excluding diaryl/α,β-unsaturated/α-hetero) is 2. The number of hydrogen-bond acceptors (Lipinski definition) is 6. The van der Waals surface area contributed by atoms with Gasteiger partial charge in [-0.05, 0) is 18.3 Å². The van der Waals surface area contributed by atoms with Crippen LogP contribution < -0.4 is 0 Å². The van der Waals surface area contributed by atoms with Crippen LogP contribution in [0.2, 0.25) is 0 Å². The van der Waals surface area contributed by atoms with Crippen molar-refractivity contribution >= 4 is 23.5 Å². The Labute approximate surface area is 142 Å². The van der Waals surface area contributed by atoms with E-state index >= 15 is 0 Å². The second kappa shape index (κ2) is 6.65. The van der Waals surface area contributed by atoms with Gasteiger partial charge in [0.25, 0.3) is 0 Å². The van der Waals surface area contributed by atoms with Crippen molar-refractivity contribution < 1.29 is 28.7 Å². The summed E-state index contributed by atoms with van der Waals surface area (Å²) in [6.07, 6.45) is -0.345. The Morgan fingerprint density at radius 2 is 1.62 bits per heavy atom. The largest absolute Gasteiger partial charge is 0.463 e. The van der Waals surface area contributed by atoms with Gasteiger partial charge in [0.15, 0.2) is 11.9 Å². The summed E-state index contributed by atoms with van der Waals surface area (Å²) in [5.41, 5.74) is -0.510. The third-order valence-corrected chi connectivity index (χ3v) is 5.52. The molecule has 2 rings (SSSR count). The first-order valence-electron chi connectivity index (χ1n) is 8.45. The minimum Gasteiger partial charge on any atom is -0.463 e. The van der Waals surface area contributed by atoms with E-state index in [4.69, 9.17) is 9.47 Å². The molecule has 0 aromatic rings. The minimum absolute atomic E-state index is 0.0176. The normalized spacial score (nSPS) is 35.6. The fourth-order valence-corrected chi connectivity index (χ4v) is 4.24. The van der Waals surface area contributed by atoms with E-state index in [1.54, 1.807) is 6.92 Å². The second-order valence-corrected chi connectivity index (χ2v) is 7.69. The summed E-state index contributed by atoms with van der Waals surface area (Å²) in [5.74, 6) is -2.30. The Kier molecular flexibility index (Phi) is 5.16. The molecule has 2 fully saturated rings. The maximum atomic E-state index is 12.8. The van der Waals surface area contributed by atoms with Gasteiger partial charge in [-0.25, -0.2) is 0 Å². The van der Waals surface area contributed by atoms with Crippen LogP contribution in [0.15, 0.2) is 0 Å². The zero-order valence-electron chi connectivity index (χ0n) is 15.0. The lowest BCUT2D eigenvalue weighted by molar-refractivity contribution is -0.177. The molecule has 2 saturated carbocycles. The molecule has 0 aromatic carbocycles. The van der Waals surface area contributed by atoms with Crippen molar-refractivity contribution in [3.05, 3.63) is 0 Å². The SMILES string of the molecule is CC(=O)O[C@@H]1C[C@@H]2[C@H](OC(C)=O)C(=O)[C@@H](C)CC(=O)[C@H](C1)C2(C)C. The maximum Gasteiger partial charge on any atom is 0.303 e. The molecule has 5 atom stereocenters. The van der Waals surface area contributed by atoms with Crippen LogP contribution in [0.3, 0.4) is 0 Å². The van der Waals surface area contributed by atoms with Crippen LogP contribution in [-0.4, -0.2) is 35.7 Å². The molecule has 6 heteroatoms. The molecule has 24 heavy (non-hydrogen) atoms. The Morgan fingerprint density at radius 1 is 1.04 bits per heavy atom. The van der Waals surface area contributed by atoms with Crippen molar-refractivity contribution in [2.24, 2.45) is 23.2 Å². The average Bonchev–Trinajstić information content (AvgIpc) is 2.44. The van der Waals surface area contributed by atoms with E-state index in [-0.39, 0.29) is 29.8 Å². The van der Waals surface area contributed by atoms with E-state index in [1.165, 1.54) is 13.8 Å². The van der Waals surface area contributed by atoms with Crippen molar-refractivity contribution in [3.63, 3.8) is 0 Å². The third kappa shape index (κ3) is 3.52. The highest BCUT2D eigenvalue weighted by atomic mass is 16.6. The van der Waals surface area contributed by atoms with Gasteiger partial charge in [0.05, 0.1) is 0 Å². The van der Waals surface area contributed by atoms with Gasteiger partial charge in [-0.2, -0.15) is 0 Å². The molecular formula is C18H26O6. The van der Waals surface area contributed by atoms with Gasteiger partial charge in [0.1, 0.15) is 11.9 Å². The quantitative estimate of drug-likeness (QED) is 0.717. The molecule has 2 bridgehead atoms. The molecule has 0 saturated heterocycles. The van der Waals surface area contributed by atoms with E-state index in [1.807, 2.05) is 13.8 Å². The van der Waals surface area contributed by atoms with Gasteiger partial charge in [-0.3, -0.25) is 19.2 Å². The molecule has 0 spiro atoms. The first-order valence-corrected chi connectivity index (χ1v) is 8.45. The van der Waals surface area contributed by atoms with Crippen LogP contribution in [0, 0.1) is 23.2 Å². The fourth-order valence-electron chi connectivity index (χ4n) is 4.24. The highest BCUT2D eigenvalue weighted by Crippen LogP contribution is 2.50. The predicted molar refractivity (Wildman–Crippen MR) is 84.9 cm³/mol. The van der Waals surface area contributed by atoms with E-state index in [0.29, 0.717) is 12.8 Å². The first-order chi connectivity index (χ1) is 11.0. The Balaban J connectivity index is 2.45. The number of ether oxygens (including phenoxy) is 2. The zero-order valence-corrected chi connectivity index (χ0v) is 15.0. The number of ketones is 2. The topological polar surface area (TPSA) is 86.7 Å². The lowest BCUT2D eigenvalue weighted by Gasteiger charge is -2.50. The second-order valence-electron chi connectivity index (χ2n) is 7.69. The molecule has 2 aliphatic rings.